The molecule has 0 unspecified atom stereocenters. The Morgan fingerprint density at radius 3 is 2.45 bits per heavy atom. The molecule has 214 valence electrons. The average Bonchev–Trinajstić information content (AvgIpc) is 3.32. The van der Waals surface area contributed by atoms with Crippen molar-refractivity contribution in [1.29, 1.82) is 0 Å². The van der Waals surface area contributed by atoms with Gasteiger partial charge in [-0.25, -0.2) is 14.4 Å². The molecule has 5 aliphatic rings. The maximum Gasteiger partial charge on any atom is 0.457 e. The lowest BCUT2D eigenvalue weighted by molar-refractivity contribution is -0.199. The zero-order valence-corrected chi connectivity index (χ0v) is 23.5. The molecule has 2 amide bonds. The molecule has 4 N–H and O–H groups in total. The van der Waals surface area contributed by atoms with E-state index in [9.17, 15) is 24.6 Å². The lowest BCUT2D eigenvalue weighted by Gasteiger charge is -2.64. The number of nitrogens with one attached hydrogen (secondary N) is 2. The molecule has 12 heteroatoms. The predicted molar refractivity (Wildman–Crippen MR) is 140 cm³/mol. The van der Waals surface area contributed by atoms with E-state index >= 15 is 0 Å². The first kappa shape index (κ1) is 29.0. The van der Waals surface area contributed by atoms with Crippen LogP contribution >= 0.6 is 0 Å². The van der Waals surface area contributed by atoms with Gasteiger partial charge in [-0.3, -0.25) is 4.90 Å². The molecule has 5 rings (SSSR count). The van der Waals surface area contributed by atoms with E-state index in [1.54, 1.807) is 20.8 Å². The summed E-state index contributed by atoms with van der Waals surface area (Å²) < 4.78 is 18.0. The van der Waals surface area contributed by atoms with Crippen LogP contribution in [0.3, 0.4) is 0 Å². The predicted octanol–water partition coefficient (Wildman–Crippen LogP) is 3.04. The molecule has 11 nitrogen and oxygen atoms in total. The minimum atomic E-state index is -1.25. The molecule has 2 saturated heterocycles. The first-order valence-electron chi connectivity index (χ1n) is 13.9. The fourth-order valence-corrected chi connectivity index (χ4v) is 7.33. The number of carboxylic acids is 1. The molecule has 2 heterocycles. The molecule has 7 atom stereocenters. The molecule has 3 saturated carbocycles. The Morgan fingerprint density at radius 1 is 1.13 bits per heavy atom. The van der Waals surface area contributed by atoms with Crippen LogP contribution in [0.25, 0.3) is 0 Å². The summed E-state index contributed by atoms with van der Waals surface area (Å²) in [6.07, 6.45) is 2.30. The van der Waals surface area contributed by atoms with Gasteiger partial charge >= 0.3 is 25.3 Å². The number of carbonyl (C=O) groups excluding carboxylic acids is 1. The third-order valence-corrected chi connectivity index (χ3v) is 9.33. The van der Waals surface area contributed by atoms with Crippen molar-refractivity contribution in [3.63, 3.8) is 0 Å². The van der Waals surface area contributed by atoms with Crippen molar-refractivity contribution in [2.75, 3.05) is 19.6 Å². The van der Waals surface area contributed by atoms with Gasteiger partial charge in [0.25, 0.3) is 0 Å². The van der Waals surface area contributed by atoms with E-state index < -0.39 is 35.7 Å². The van der Waals surface area contributed by atoms with Crippen LogP contribution in [0, 0.1) is 23.2 Å². The second-order valence-corrected chi connectivity index (χ2v) is 13.2. The first-order chi connectivity index (χ1) is 17.6. The molecule has 38 heavy (non-hydrogen) atoms. The highest BCUT2D eigenvalue weighted by Gasteiger charge is 2.67. The standard InChI is InChI=1S/C26H44BN3O8/c1-24(2,3)36-22(33)29-11-10-28-17-14-30(23(34)35)20(21(31)32)16(17)8-7-9-27-37-19-13-15-12-18(25(15,4)5)26(19,6)38-27/h15-20,28H,7-14H2,1-6H3,(H,29,33)(H,31,32)(H,34,35)/t15-,16+,17-,18-,19+,20-,26-/m0/s1. The first-order valence-corrected chi connectivity index (χ1v) is 13.9. The second-order valence-electron chi connectivity index (χ2n) is 13.2. The second kappa shape index (κ2) is 10.5. The Hall–Kier alpha value is -2.05. The number of alkyl carbamates (subject to hydrolysis) is 1. The van der Waals surface area contributed by atoms with Gasteiger partial charge in [0.05, 0.1) is 11.7 Å². The summed E-state index contributed by atoms with van der Waals surface area (Å²) in [7, 11) is -0.329. The Kier molecular flexibility index (Phi) is 8.00. The van der Waals surface area contributed by atoms with Crippen molar-refractivity contribution in [2.24, 2.45) is 23.2 Å². The summed E-state index contributed by atoms with van der Waals surface area (Å²) in [5.41, 5.74) is -0.631. The number of rotatable bonds is 9. The molecular formula is C26H44BN3O8. The molecular weight excluding hydrogens is 493 g/mol. The zero-order chi connectivity index (χ0) is 28.0. The smallest absolute Gasteiger partial charge is 0.457 e. The Labute approximate surface area is 225 Å². The van der Waals surface area contributed by atoms with Crippen molar-refractivity contribution in [3.05, 3.63) is 0 Å². The van der Waals surface area contributed by atoms with Gasteiger partial charge in [0.15, 0.2) is 0 Å². The van der Waals surface area contributed by atoms with Crippen LogP contribution in [0.2, 0.25) is 6.32 Å². The van der Waals surface area contributed by atoms with Crippen LogP contribution < -0.4 is 10.6 Å². The minimum absolute atomic E-state index is 0.0676. The third-order valence-electron chi connectivity index (χ3n) is 9.33. The molecule has 0 radical (unpaired) electrons. The van der Waals surface area contributed by atoms with Crippen molar-refractivity contribution < 1.29 is 38.6 Å². The Bertz CT molecular complexity index is 927. The topological polar surface area (TPSA) is 147 Å². The number of hydrogen-bond acceptors (Lipinski definition) is 7. The highest BCUT2D eigenvalue weighted by Crippen LogP contribution is 2.65. The number of nitrogens with zero attached hydrogens (tertiary/aromatic N) is 1. The quantitative estimate of drug-likeness (QED) is 0.257. The van der Waals surface area contributed by atoms with E-state index in [-0.39, 0.29) is 43.4 Å². The molecule has 3 aliphatic carbocycles. The summed E-state index contributed by atoms with van der Waals surface area (Å²) in [6, 6.07) is -1.49. The van der Waals surface area contributed by atoms with E-state index in [2.05, 4.69) is 31.4 Å². The van der Waals surface area contributed by atoms with Crippen LogP contribution in [0.5, 0.6) is 0 Å². The van der Waals surface area contributed by atoms with Gasteiger partial charge in [-0.05, 0) is 70.5 Å². The molecule has 0 spiro atoms. The van der Waals surface area contributed by atoms with Crippen molar-refractivity contribution >= 4 is 25.3 Å². The Morgan fingerprint density at radius 2 is 1.84 bits per heavy atom. The lowest BCUT2D eigenvalue weighted by Crippen LogP contribution is -2.65. The summed E-state index contributed by atoms with van der Waals surface area (Å²) in [6.45, 7) is 12.8. The highest BCUT2D eigenvalue weighted by molar-refractivity contribution is 6.45. The molecule has 0 aromatic rings. The van der Waals surface area contributed by atoms with Gasteiger partial charge in [-0.15, -0.1) is 0 Å². The summed E-state index contributed by atoms with van der Waals surface area (Å²) in [5.74, 6) is -0.429. The monoisotopic (exact) mass is 537 g/mol. The third kappa shape index (κ3) is 5.63. The molecule has 5 fully saturated rings. The van der Waals surface area contributed by atoms with Gasteiger partial charge in [-0.1, -0.05) is 20.3 Å². The summed E-state index contributed by atoms with van der Waals surface area (Å²) >= 11 is 0. The number of hydrogen-bond donors (Lipinski definition) is 4. The fourth-order valence-electron chi connectivity index (χ4n) is 7.33. The summed E-state index contributed by atoms with van der Waals surface area (Å²) in [5, 5.41) is 25.5. The number of amides is 2. The van der Waals surface area contributed by atoms with Crippen molar-refractivity contribution in [3.8, 4) is 0 Å². The molecule has 0 aromatic carbocycles. The summed E-state index contributed by atoms with van der Waals surface area (Å²) in [4.78, 5) is 36.8. The Balaban J connectivity index is 1.31. The van der Waals surface area contributed by atoms with Gasteiger partial charge < -0.3 is 34.9 Å². The number of carboxylic acid groups (broad SMARTS) is 2. The zero-order valence-electron chi connectivity index (χ0n) is 23.5. The van der Waals surface area contributed by atoms with Crippen LogP contribution in [0.4, 0.5) is 9.59 Å². The van der Waals surface area contributed by atoms with Crippen LogP contribution in [-0.4, -0.2) is 89.4 Å². The van der Waals surface area contributed by atoms with E-state index in [0.29, 0.717) is 37.5 Å². The van der Waals surface area contributed by atoms with E-state index in [4.69, 9.17) is 14.0 Å². The largest absolute Gasteiger partial charge is 0.480 e. The highest BCUT2D eigenvalue weighted by atomic mass is 16.7. The van der Waals surface area contributed by atoms with Crippen LogP contribution in [-0.2, 0) is 18.8 Å². The van der Waals surface area contributed by atoms with Crippen molar-refractivity contribution in [2.45, 2.75) is 103 Å². The lowest BCUT2D eigenvalue weighted by atomic mass is 9.43. The van der Waals surface area contributed by atoms with E-state index in [1.807, 2.05) is 0 Å². The van der Waals surface area contributed by atoms with E-state index in [0.717, 1.165) is 11.3 Å². The van der Waals surface area contributed by atoms with Gasteiger partial charge in [0, 0.05) is 31.6 Å². The number of carbonyl (C=O) groups is 3. The van der Waals surface area contributed by atoms with Crippen molar-refractivity contribution in [1.82, 2.24) is 15.5 Å². The normalized spacial score (nSPS) is 35.4. The molecule has 0 aromatic heterocycles. The SMILES string of the molecule is CC(C)(C)OC(=O)NCCN[C@H]1CN(C(=O)O)[C@H](C(=O)O)[C@@H]1CCCB1O[C@@H]2C[C@@H]3C[C@@H](C3(C)C)[C@]2(C)O1. The van der Waals surface area contributed by atoms with Crippen LogP contribution in [0.15, 0.2) is 0 Å². The van der Waals surface area contributed by atoms with Gasteiger partial charge in [0.1, 0.15) is 11.6 Å². The van der Waals surface area contributed by atoms with Gasteiger partial charge in [-0.2, -0.15) is 0 Å². The maximum atomic E-state index is 12.1. The fraction of sp³-hybridized carbons (Fsp3) is 0.885. The number of likely N-dealkylation sites (tertiary alicyclic amines) is 1. The molecule has 2 bridgehead atoms. The number of aliphatic carboxylic acids is 1. The van der Waals surface area contributed by atoms with E-state index in [1.165, 1.54) is 6.42 Å². The van der Waals surface area contributed by atoms with Gasteiger partial charge in [0.2, 0.25) is 0 Å². The minimum Gasteiger partial charge on any atom is -0.480 e. The molecule has 2 aliphatic heterocycles. The number of ether oxygens (including phenoxy) is 1. The maximum absolute atomic E-state index is 12.1. The van der Waals surface area contributed by atoms with Crippen LogP contribution in [0.1, 0.15) is 67.2 Å². The average molecular weight is 537 g/mol.